The standard InChI is InChI=1S/C15H17NO4/c1-4-19-14(17)8-20-15(18)11-5-6-13-12(7-11)9(2)10(3)16-13/h5-7,16H,4,8H2,1-3H3. The van der Waals surface area contributed by atoms with Crippen molar-refractivity contribution in [1.82, 2.24) is 4.98 Å². The maximum Gasteiger partial charge on any atom is 0.344 e. The third-order valence-electron chi connectivity index (χ3n) is 3.17. The van der Waals surface area contributed by atoms with Crippen molar-refractivity contribution in [2.45, 2.75) is 20.8 Å². The lowest BCUT2D eigenvalue weighted by Gasteiger charge is -2.04. The molecule has 0 spiro atoms. The summed E-state index contributed by atoms with van der Waals surface area (Å²) in [5.41, 5.74) is 3.56. The lowest BCUT2D eigenvalue weighted by molar-refractivity contribution is -0.146. The summed E-state index contributed by atoms with van der Waals surface area (Å²) < 4.78 is 9.61. The number of esters is 2. The topological polar surface area (TPSA) is 68.4 Å². The normalized spacial score (nSPS) is 10.6. The molecule has 5 nitrogen and oxygen atoms in total. The molecule has 1 aromatic carbocycles. The minimum Gasteiger partial charge on any atom is -0.463 e. The zero-order chi connectivity index (χ0) is 14.7. The lowest BCUT2D eigenvalue weighted by Crippen LogP contribution is -2.16. The summed E-state index contributed by atoms with van der Waals surface area (Å²) in [5.74, 6) is -1.08. The largest absolute Gasteiger partial charge is 0.463 e. The van der Waals surface area contributed by atoms with Crippen LogP contribution in [0.25, 0.3) is 10.9 Å². The Hall–Kier alpha value is -2.30. The quantitative estimate of drug-likeness (QED) is 0.870. The molecule has 1 N–H and O–H groups in total. The highest BCUT2D eigenvalue weighted by Crippen LogP contribution is 2.22. The SMILES string of the molecule is CCOC(=O)COC(=O)c1ccc2[nH]c(C)c(C)c2c1. The Balaban J connectivity index is 2.14. The molecule has 5 heteroatoms. The second-order valence-corrected chi connectivity index (χ2v) is 4.52. The van der Waals surface area contributed by atoms with Gasteiger partial charge in [-0.05, 0) is 44.5 Å². The molecule has 2 rings (SSSR count). The minimum absolute atomic E-state index is 0.268. The summed E-state index contributed by atoms with van der Waals surface area (Å²) in [5, 5.41) is 0.980. The Morgan fingerprint density at radius 3 is 2.65 bits per heavy atom. The zero-order valence-corrected chi connectivity index (χ0v) is 11.8. The third-order valence-corrected chi connectivity index (χ3v) is 3.17. The second kappa shape index (κ2) is 5.77. The van der Waals surface area contributed by atoms with Crippen LogP contribution >= 0.6 is 0 Å². The third kappa shape index (κ3) is 2.82. The van der Waals surface area contributed by atoms with Crippen molar-refractivity contribution in [3.8, 4) is 0 Å². The summed E-state index contributed by atoms with van der Waals surface area (Å²) >= 11 is 0. The van der Waals surface area contributed by atoms with Gasteiger partial charge in [0, 0.05) is 16.6 Å². The Bertz CT molecular complexity index is 657. The number of carbonyl (C=O) groups is 2. The maximum atomic E-state index is 11.9. The van der Waals surface area contributed by atoms with Crippen molar-refractivity contribution < 1.29 is 19.1 Å². The summed E-state index contributed by atoms with van der Waals surface area (Å²) in [4.78, 5) is 26.3. The monoisotopic (exact) mass is 275 g/mol. The van der Waals surface area contributed by atoms with Crippen molar-refractivity contribution in [3.05, 3.63) is 35.0 Å². The van der Waals surface area contributed by atoms with E-state index in [4.69, 9.17) is 9.47 Å². The van der Waals surface area contributed by atoms with Gasteiger partial charge in [-0.25, -0.2) is 9.59 Å². The number of nitrogens with one attached hydrogen (secondary N) is 1. The van der Waals surface area contributed by atoms with Crippen molar-refractivity contribution in [1.29, 1.82) is 0 Å². The van der Waals surface area contributed by atoms with Gasteiger partial charge in [-0.1, -0.05) is 0 Å². The van der Waals surface area contributed by atoms with E-state index in [-0.39, 0.29) is 13.2 Å². The van der Waals surface area contributed by atoms with Gasteiger partial charge in [0.05, 0.1) is 12.2 Å². The summed E-state index contributed by atoms with van der Waals surface area (Å²) in [7, 11) is 0. The van der Waals surface area contributed by atoms with Crippen LogP contribution in [0.2, 0.25) is 0 Å². The molecule has 0 aliphatic carbocycles. The van der Waals surface area contributed by atoms with E-state index >= 15 is 0 Å². The fraction of sp³-hybridized carbons (Fsp3) is 0.333. The molecule has 0 saturated carbocycles. The highest BCUT2D eigenvalue weighted by molar-refractivity contribution is 5.96. The predicted octanol–water partition coefficient (Wildman–Crippen LogP) is 2.50. The van der Waals surface area contributed by atoms with Crippen LogP contribution in [-0.4, -0.2) is 30.1 Å². The Kier molecular flexibility index (Phi) is 4.08. The molecule has 0 unspecified atom stereocenters. The number of fused-ring (bicyclic) bond motifs is 1. The average molecular weight is 275 g/mol. The lowest BCUT2D eigenvalue weighted by atomic mass is 10.1. The van der Waals surface area contributed by atoms with Gasteiger partial charge in [-0.15, -0.1) is 0 Å². The smallest absolute Gasteiger partial charge is 0.344 e. The van der Waals surface area contributed by atoms with E-state index in [9.17, 15) is 9.59 Å². The van der Waals surface area contributed by atoms with E-state index in [0.29, 0.717) is 5.56 Å². The first-order valence-corrected chi connectivity index (χ1v) is 6.44. The molecular formula is C15H17NO4. The Morgan fingerprint density at radius 2 is 1.95 bits per heavy atom. The summed E-state index contributed by atoms with van der Waals surface area (Å²) in [6, 6.07) is 5.27. The van der Waals surface area contributed by atoms with E-state index in [0.717, 1.165) is 22.2 Å². The van der Waals surface area contributed by atoms with Gasteiger partial charge in [0.1, 0.15) is 0 Å². The number of H-pyrrole nitrogens is 1. The fourth-order valence-electron chi connectivity index (χ4n) is 2.00. The molecule has 0 radical (unpaired) electrons. The minimum atomic E-state index is -0.546. The molecule has 0 fully saturated rings. The number of aromatic amines is 1. The van der Waals surface area contributed by atoms with Gasteiger partial charge in [0.25, 0.3) is 0 Å². The van der Waals surface area contributed by atoms with Crippen LogP contribution in [-0.2, 0) is 14.3 Å². The molecule has 1 aromatic heterocycles. The van der Waals surface area contributed by atoms with Crippen LogP contribution in [0, 0.1) is 13.8 Å². The first-order valence-electron chi connectivity index (χ1n) is 6.44. The van der Waals surface area contributed by atoms with Gasteiger partial charge in [-0.2, -0.15) is 0 Å². The van der Waals surface area contributed by atoms with Gasteiger partial charge in [0.2, 0.25) is 0 Å². The van der Waals surface area contributed by atoms with Gasteiger partial charge >= 0.3 is 11.9 Å². The van der Waals surface area contributed by atoms with Crippen LogP contribution in [0.15, 0.2) is 18.2 Å². The Morgan fingerprint density at radius 1 is 1.20 bits per heavy atom. The molecular weight excluding hydrogens is 258 g/mol. The van der Waals surface area contributed by atoms with E-state index < -0.39 is 11.9 Å². The first kappa shape index (κ1) is 14.1. The zero-order valence-electron chi connectivity index (χ0n) is 11.8. The summed E-state index contributed by atoms with van der Waals surface area (Å²) in [6.45, 7) is 5.57. The molecule has 0 bridgehead atoms. The molecule has 0 atom stereocenters. The first-order chi connectivity index (χ1) is 9.52. The predicted molar refractivity (Wildman–Crippen MR) is 74.7 cm³/mol. The van der Waals surface area contributed by atoms with Crippen LogP contribution in [0.5, 0.6) is 0 Å². The number of aromatic nitrogens is 1. The Labute approximate surface area is 116 Å². The molecule has 2 aromatic rings. The second-order valence-electron chi connectivity index (χ2n) is 4.52. The number of aryl methyl sites for hydroxylation is 2. The van der Waals surface area contributed by atoms with Gasteiger partial charge in [-0.3, -0.25) is 0 Å². The molecule has 106 valence electrons. The van der Waals surface area contributed by atoms with Crippen LogP contribution < -0.4 is 0 Å². The van der Waals surface area contributed by atoms with Crippen LogP contribution in [0.4, 0.5) is 0 Å². The molecule has 0 amide bonds. The van der Waals surface area contributed by atoms with E-state index in [1.807, 2.05) is 19.9 Å². The number of rotatable bonds is 4. The molecule has 0 aliphatic rings. The number of ether oxygens (including phenoxy) is 2. The highest BCUT2D eigenvalue weighted by atomic mass is 16.6. The maximum absolute atomic E-state index is 11.9. The number of hydrogen-bond donors (Lipinski definition) is 1. The summed E-state index contributed by atoms with van der Waals surface area (Å²) in [6.07, 6.45) is 0. The van der Waals surface area contributed by atoms with Gasteiger partial charge in [0.15, 0.2) is 6.61 Å². The average Bonchev–Trinajstić information content (AvgIpc) is 2.71. The molecule has 1 heterocycles. The van der Waals surface area contributed by atoms with E-state index in [1.54, 1.807) is 19.1 Å². The highest BCUT2D eigenvalue weighted by Gasteiger charge is 2.13. The van der Waals surface area contributed by atoms with Crippen molar-refractivity contribution >= 4 is 22.8 Å². The number of benzene rings is 1. The molecule has 0 aliphatic heterocycles. The van der Waals surface area contributed by atoms with Crippen molar-refractivity contribution in [2.75, 3.05) is 13.2 Å². The van der Waals surface area contributed by atoms with Gasteiger partial charge < -0.3 is 14.5 Å². The fourth-order valence-corrected chi connectivity index (χ4v) is 2.00. The van der Waals surface area contributed by atoms with E-state index in [1.165, 1.54) is 0 Å². The van der Waals surface area contributed by atoms with Crippen LogP contribution in [0.1, 0.15) is 28.5 Å². The molecule has 20 heavy (non-hydrogen) atoms. The van der Waals surface area contributed by atoms with Crippen LogP contribution in [0.3, 0.4) is 0 Å². The molecule has 0 saturated heterocycles. The van der Waals surface area contributed by atoms with E-state index in [2.05, 4.69) is 4.98 Å². The van der Waals surface area contributed by atoms with Crippen molar-refractivity contribution in [2.24, 2.45) is 0 Å². The number of hydrogen-bond acceptors (Lipinski definition) is 4. The number of carbonyl (C=O) groups excluding carboxylic acids is 2. The van der Waals surface area contributed by atoms with Crippen molar-refractivity contribution in [3.63, 3.8) is 0 Å².